The Morgan fingerprint density at radius 3 is 2.67 bits per heavy atom. The molecule has 1 aromatic heterocycles. The van der Waals surface area contributed by atoms with E-state index in [1.807, 2.05) is 6.92 Å². The Hall–Kier alpha value is -2.38. The molecule has 1 aliphatic heterocycles. The Kier molecular flexibility index (Phi) is 9.39. The maximum Gasteiger partial charge on any atom is 0.241 e. The molecule has 6 atom stereocenters. The zero-order valence-corrected chi connectivity index (χ0v) is 26.2. The fraction of sp³-hybridized carbons (Fsp3) is 0.633. The highest BCUT2D eigenvalue weighted by Crippen LogP contribution is 2.57. The number of hydrogen-bond acceptors (Lipinski definition) is 9. The summed E-state index contributed by atoms with van der Waals surface area (Å²) < 4.78 is 30.7. The minimum absolute atomic E-state index is 0.0239. The van der Waals surface area contributed by atoms with Gasteiger partial charge in [0.2, 0.25) is 11.8 Å². The number of anilines is 1. The number of aromatic nitrogens is 1. The fourth-order valence-corrected chi connectivity index (χ4v) is 9.59. The predicted octanol–water partition coefficient (Wildman–Crippen LogP) is 2.69. The lowest BCUT2D eigenvalue weighted by molar-refractivity contribution is -0.134. The van der Waals surface area contributed by atoms with E-state index in [4.69, 9.17) is 9.72 Å². The normalized spacial score (nSPS) is 28.8. The van der Waals surface area contributed by atoms with E-state index >= 15 is 0 Å². The zero-order valence-electron chi connectivity index (χ0n) is 24.5. The summed E-state index contributed by atoms with van der Waals surface area (Å²) in [6.45, 7) is 10.7. The van der Waals surface area contributed by atoms with E-state index in [9.17, 15) is 23.1 Å². The number of nitrogens with one attached hydrogen (secondary N) is 2. The lowest BCUT2D eigenvalue weighted by Gasteiger charge is -2.53. The molecule has 0 radical (unpaired) electrons. The van der Waals surface area contributed by atoms with Gasteiger partial charge in [-0.15, -0.1) is 11.3 Å². The summed E-state index contributed by atoms with van der Waals surface area (Å²) in [6, 6.07) is 7.92. The molecule has 42 heavy (non-hydrogen) atoms. The smallest absolute Gasteiger partial charge is 0.241 e. The Bertz CT molecular complexity index is 1380. The Morgan fingerprint density at radius 1 is 1.24 bits per heavy atom. The van der Waals surface area contributed by atoms with Crippen LogP contribution in [-0.4, -0.2) is 86.5 Å². The summed E-state index contributed by atoms with van der Waals surface area (Å²) in [4.78, 5) is 33.9. The Balaban J connectivity index is 1.22. The average molecular weight is 619 g/mol. The number of rotatable bonds is 9. The van der Waals surface area contributed by atoms with Gasteiger partial charge in [-0.25, -0.2) is 13.4 Å². The molecule has 1 aromatic carbocycles. The summed E-state index contributed by atoms with van der Waals surface area (Å²) >= 11 is 1.38. The number of amides is 2. The molecule has 1 saturated carbocycles. The van der Waals surface area contributed by atoms with Crippen molar-refractivity contribution in [2.24, 2.45) is 23.2 Å². The standard InChI is InChI=1S/C30H42N4O6S2/c1-19(28(37)31-11-12-34-13-15-40-16-14-34)22-9-10-30(3)17-23-26(20(2)25(30)27(22)36)33-29(41-23)32-24(35)18-42(38,39)21-7-5-4-6-8-21/h4-8,19-20,22,25,27,36H,9-18H2,1-3H3,(H,31,37)(H,32,33,35)/t19-,20-,22+,25+,27-,30-/m0/s1. The van der Waals surface area contributed by atoms with Crippen LogP contribution in [0, 0.1) is 23.2 Å². The van der Waals surface area contributed by atoms with Crippen LogP contribution in [0.3, 0.4) is 0 Å². The highest BCUT2D eigenvalue weighted by Gasteiger charge is 2.54. The van der Waals surface area contributed by atoms with Crippen molar-refractivity contribution in [2.75, 3.05) is 50.5 Å². The quantitative estimate of drug-likeness (QED) is 0.390. The number of ether oxygens (including phenoxy) is 1. The van der Waals surface area contributed by atoms with Gasteiger partial charge in [0, 0.05) is 42.9 Å². The summed E-state index contributed by atoms with van der Waals surface area (Å²) in [5.74, 6) is -1.96. The first-order chi connectivity index (χ1) is 20.0. The van der Waals surface area contributed by atoms with Crippen LogP contribution in [-0.2, 0) is 30.6 Å². The van der Waals surface area contributed by atoms with Crippen LogP contribution >= 0.6 is 11.3 Å². The van der Waals surface area contributed by atoms with Crippen LogP contribution in [0.2, 0.25) is 0 Å². The maximum atomic E-state index is 13.1. The molecule has 2 amide bonds. The van der Waals surface area contributed by atoms with Gasteiger partial charge < -0.3 is 20.5 Å². The topological polar surface area (TPSA) is 138 Å². The van der Waals surface area contributed by atoms with Gasteiger partial charge in [0.15, 0.2) is 15.0 Å². The van der Waals surface area contributed by atoms with Crippen molar-refractivity contribution in [1.82, 2.24) is 15.2 Å². The first-order valence-corrected chi connectivity index (χ1v) is 17.3. The number of fused-ring (bicyclic) bond motifs is 2. The number of nitrogens with zero attached hydrogens (tertiary/aromatic N) is 2. The monoisotopic (exact) mass is 618 g/mol. The van der Waals surface area contributed by atoms with Gasteiger partial charge in [-0.3, -0.25) is 14.5 Å². The number of morpholine rings is 1. The van der Waals surface area contributed by atoms with Crippen molar-refractivity contribution in [3.63, 3.8) is 0 Å². The molecule has 0 spiro atoms. The van der Waals surface area contributed by atoms with E-state index in [1.54, 1.807) is 18.2 Å². The average Bonchev–Trinajstić information content (AvgIpc) is 3.35. The first-order valence-electron chi connectivity index (χ1n) is 14.8. The minimum Gasteiger partial charge on any atom is -0.392 e. The minimum atomic E-state index is -3.77. The lowest BCUT2D eigenvalue weighted by atomic mass is 9.53. The van der Waals surface area contributed by atoms with Crippen molar-refractivity contribution in [3.05, 3.63) is 40.9 Å². The summed E-state index contributed by atoms with van der Waals surface area (Å²) in [6.07, 6.45) is 1.69. The number of sulfone groups is 1. The van der Waals surface area contributed by atoms with Crippen molar-refractivity contribution in [1.29, 1.82) is 0 Å². The van der Waals surface area contributed by atoms with Crippen LogP contribution in [0.5, 0.6) is 0 Å². The molecule has 3 N–H and O–H groups in total. The third-order valence-corrected chi connectivity index (χ3v) is 12.1. The zero-order chi connectivity index (χ0) is 30.1. The van der Waals surface area contributed by atoms with Crippen LogP contribution in [0.15, 0.2) is 35.2 Å². The second-order valence-corrected chi connectivity index (χ2v) is 15.4. The highest BCUT2D eigenvalue weighted by atomic mass is 32.2. The van der Waals surface area contributed by atoms with Crippen LogP contribution in [0.1, 0.15) is 50.1 Å². The first kappa shape index (κ1) is 31.1. The molecule has 12 heteroatoms. The third kappa shape index (κ3) is 6.57. The molecule has 2 fully saturated rings. The number of carbonyl (C=O) groups excluding carboxylic acids is 2. The largest absolute Gasteiger partial charge is 0.392 e. The Labute approximate surface area is 252 Å². The maximum absolute atomic E-state index is 13.1. The highest BCUT2D eigenvalue weighted by molar-refractivity contribution is 7.92. The second-order valence-electron chi connectivity index (χ2n) is 12.3. The van der Waals surface area contributed by atoms with Crippen molar-refractivity contribution < 1.29 is 27.9 Å². The molecule has 0 bridgehead atoms. The summed E-state index contributed by atoms with van der Waals surface area (Å²) in [7, 11) is -3.77. The number of aliphatic hydroxyl groups excluding tert-OH is 1. The number of hydrogen-bond donors (Lipinski definition) is 3. The second kappa shape index (κ2) is 12.7. The van der Waals surface area contributed by atoms with Gasteiger partial charge in [-0.05, 0) is 48.6 Å². The van der Waals surface area contributed by atoms with Crippen molar-refractivity contribution in [3.8, 4) is 0 Å². The predicted molar refractivity (Wildman–Crippen MR) is 161 cm³/mol. The Morgan fingerprint density at radius 2 is 1.95 bits per heavy atom. The molecular formula is C30H42N4O6S2. The van der Waals surface area contributed by atoms with Crippen molar-refractivity contribution in [2.45, 2.75) is 57.0 Å². The van der Waals surface area contributed by atoms with Gasteiger partial charge in [0.1, 0.15) is 5.75 Å². The fourth-order valence-electron chi connectivity index (χ4n) is 7.16. The van der Waals surface area contributed by atoms with Crippen LogP contribution < -0.4 is 10.6 Å². The molecule has 2 aromatic rings. The third-order valence-electron chi connectivity index (χ3n) is 9.48. The van der Waals surface area contributed by atoms with E-state index in [2.05, 4.69) is 29.4 Å². The van der Waals surface area contributed by atoms with E-state index in [0.29, 0.717) is 11.7 Å². The molecule has 0 unspecified atom stereocenters. The van der Waals surface area contributed by atoms with Crippen molar-refractivity contribution >= 4 is 38.1 Å². The summed E-state index contributed by atoms with van der Waals surface area (Å²) in [5.41, 5.74) is 0.672. The summed E-state index contributed by atoms with van der Waals surface area (Å²) in [5, 5.41) is 17.9. The number of carbonyl (C=O) groups is 2. The van der Waals surface area contributed by atoms with E-state index < -0.39 is 27.6 Å². The number of thiazole rings is 1. The number of benzene rings is 1. The van der Waals surface area contributed by atoms with E-state index in [1.165, 1.54) is 23.5 Å². The molecule has 5 rings (SSSR count). The molecule has 230 valence electrons. The lowest BCUT2D eigenvalue weighted by Crippen LogP contribution is -2.53. The van der Waals surface area contributed by atoms with Gasteiger partial charge >= 0.3 is 0 Å². The number of aliphatic hydroxyl groups is 1. The van der Waals surface area contributed by atoms with E-state index in [0.717, 1.165) is 62.7 Å². The van der Waals surface area contributed by atoms with Gasteiger partial charge in [0.25, 0.3) is 0 Å². The molecule has 2 aliphatic carbocycles. The molecule has 1 saturated heterocycles. The molecule has 3 aliphatic rings. The van der Waals surface area contributed by atoms with Gasteiger partial charge in [0.05, 0.1) is 29.9 Å². The molecule has 2 heterocycles. The molecule has 10 nitrogen and oxygen atoms in total. The van der Waals surface area contributed by atoms with E-state index in [-0.39, 0.29) is 39.9 Å². The SMILES string of the molecule is C[C@H](C(=O)NCCN1CCOCC1)[C@H]1CC[C@@]2(C)Cc3sc(NC(=O)CS(=O)(=O)c4ccccc4)nc3[C@@H](C)[C@@H]2[C@H]1O. The van der Waals surface area contributed by atoms with Gasteiger partial charge in [-0.1, -0.05) is 39.0 Å². The van der Waals surface area contributed by atoms with Gasteiger partial charge in [-0.2, -0.15) is 0 Å². The van der Waals surface area contributed by atoms with Crippen LogP contribution in [0.25, 0.3) is 0 Å². The molecular weight excluding hydrogens is 576 g/mol. The van der Waals surface area contributed by atoms with Crippen LogP contribution in [0.4, 0.5) is 5.13 Å².